The van der Waals surface area contributed by atoms with Crippen molar-refractivity contribution in [2.24, 2.45) is 0 Å². The molecule has 7 heteroatoms. The molecular weight excluding hydrogens is 406 g/mol. The number of pyridine rings is 2. The van der Waals surface area contributed by atoms with Crippen molar-refractivity contribution in [1.82, 2.24) is 9.97 Å². The van der Waals surface area contributed by atoms with Crippen LogP contribution in [0.4, 0.5) is 5.82 Å². The number of aromatic nitrogens is 2. The van der Waals surface area contributed by atoms with Crippen LogP contribution in [0.1, 0.15) is 22.3 Å². The van der Waals surface area contributed by atoms with E-state index < -0.39 is 5.97 Å². The lowest BCUT2D eigenvalue weighted by atomic mass is 10.0. The molecule has 0 radical (unpaired) electrons. The average Bonchev–Trinajstić information content (AvgIpc) is 2.83. The van der Waals surface area contributed by atoms with Gasteiger partial charge in [-0.05, 0) is 36.6 Å². The molecule has 0 unspecified atom stereocenters. The lowest BCUT2D eigenvalue weighted by Gasteiger charge is -2.21. The molecule has 1 aliphatic heterocycles. The summed E-state index contributed by atoms with van der Waals surface area (Å²) in [6.45, 7) is 0.892. The number of anilines is 1. The molecule has 160 valence electrons. The number of aromatic carboxylic acids is 1. The average molecular weight is 427 g/mol. The third-order valence-corrected chi connectivity index (χ3v) is 5.50. The van der Waals surface area contributed by atoms with E-state index in [-0.39, 0.29) is 11.3 Å². The summed E-state index contributed by atoms with van der Waals surface area (Å²) in [4.78, 5) is 21.0. The van der Waals surface area contributed by atoms with E-state index in [1.54, 1.807) is 18.3 Å². The second-order valence-electron chi connectivity index (χ2n) is 7.53. The first-order chi connectivity index (χ1) is 15.6. The van der Waals surface area contributed by atoms with Crippen LogP contribution in [0, 0.1) is 0 Å². The zero-order chi connectivity index (χ0) is 22.1. The Kier molecular flexibility index (Phi) is 5.07. The maximum Gasteiger partial charge on any atom is 0.339 e. The van der Waals surface area contributed by atoms with Crippen LogP contribution in [-0.2, 0) is 6.42 Å². The maximum absolute atomic E-state index is 11.7. The fourth-order valence-electron chi connectivity index (χ4n) is 3.94. The molecule has 32 heavy (non-hydrogen) atoms. The highest BCUT2D eigenvalue weighted by atomic mass is 16.5. The van der Waals surface area contributed by atoms with Crippen molar-refractivity contribution in [2.45, 2.75) is 12.8 Å². The van der Waals surface area contributed by atoms with Crippen LogP contribution in [0.3, 0.4) is 0 Å². The largest absolute Gasteiger partial charge is 0.496 e. The maximum atomic E-state index is 11.7. The zero-order valence-corrected chi connectivity index (χ0v) is 17.5. The summed E-state index contributed by atoms with van der Waals surface area (Å²) < 4.78 is 11.6. The van der Waals surface area contributed by atoms with Crippen molar-refractivity contribution in [1.29, 1.82) is 0 Å². The number of ether oxygens (including phenoxy) is 2. The summed E-state index contributed by atoms with van der Waals surface area (Å²) in [6, 6.07) is 16.7. The second-order valence-corrected chi connectivity index (χ2v) is 7.53. The van der Waals surface area contributed by atoms with Crippen LogP contribution in [0.25, 0.3) is 22.2 Å². The van der Waals surface area contributed by atoms with Gasteiger partial charge in [-0.3, -0.25) is 4.98 Å². The molecule has 7 nitrogen and oxygen atoms in total. The summed E-state index contributed by atoms with van der Waals surface area (Å²) in [5.41, 5.74) is 3.38. The number of rotatable bonds is 5. The Bertz CT molecular complexity index is 1320. The van der Waals surface area contributed by atoms with Crippen LogP contribution in [0.5, 0.6) is 17.2 Å². The number of nitrogens with zero attached hydrogens (tertiary/aromatic N) is 2. The van der Waals surface area contributed by atoms with Crippen molar-refractivity contribution in [3.63, 3.8) is 0 Å². The fraction of sp³-hybridized carbons (Fsp3) is 0.160. The quantitative estimate of drug-likeness (QED) is 0.455. The molecule has 2 N–H and O–H groups in total. The molecule has 3 heterocycles. The van der Waals surface area contributed by atoms with E-state index in [1.165, 1.54) is 13.2 Å². The van der Waals surface area contributed by atoms with Crippen molar-refractivity contribution < 1.29 is 19.4 Å². The number of fused-ring (bicyclic) bond motifs is 2. The Morgan fingerprint density at radius 2 is 1.91 bits per heavy atom. The summed E-state index contributed by atoms with van der Waals surface area (Å²) in [7, 11) is 1.44. The summed E-state index contributed by atoms with van der Waals surface area (Å²) in [5, 5.41) is 13.6. The molecule has 1 aliphatic rings. The highest BCUT2D eigenvalue weighted by molar-refractivity contribution is 5.98. The predicted octanol–water partition coefficient (Wildman–Crippen LogP) is 5.15. The lowest BCUT2D eigenvalue weighted by Crippen LogP contribution is -2.14. The van der Waals surface area contributed by atoms with Gasteiger partial charge < -0.3 is 19.9 Å². The molecule has 0 fully saturated rings. The van der Waals surface area contributed by atoms with Gasteiger partial charge in [-0.15, -0.1) is 0 Å². The first-order valence-corrected chi connectivity index (χ1v) is 10.3. The number of hydrogen-bond donors (Lipinski definition) is 2. The van der Waals surface area contributed by atoms with Gasteiger partial charge in [0.2, 0.25) is 0 Å². The van der Waals surface area contributed by atoms with Crippen LogP contribution in [0.15, 0.2) is 60.8 Å². The van der Waals surface area contributed by atoms with E-state index >= 15 is 0 Å². The minimum Gasteiger partial charge on any atom is -0.496 e. The van der Waals surface area contributed by atoms with Crippen LogP contribution in [0.2, 0.25) is 0 Å². The third-order valence-electron chi connectivity index (χ3n) is 5.50. The minimum absolute atomic E-state index is 0.0499. The normalized spacial score (nSPS) is 12.7. The highest BCUT2D eigenvalue weighted by Gasteiger charge is 2.20. The number of carboxylic acids is 1. The molecule has 4 aromatic rings. The number of benzene rings is 2. The molecule has 2 aromatic heterocycles. The first kappa shape index (κ1) is 19.8. The van der Waals surface area contributed by atoms with E-state index in [1.807, 2.05) is 36.4 Å². The molecule has 0 aliphatic carbocycles. The van der Waals surface area contributed by atoms with Crippen molar-refractivity contribution >= 4 is 22.7 Å². The van der Waals surface area contributed by atoms with E-state index in [4.69, 9.17) is 14.5 Å². The lowest BCUT2D eigenvalue weighted by molar-refractivity contribution is 0.0693. The minimum atomic E-state index is -1.08. The molecule has 0 saturated carbocycles. The first-order valence-electron chi connectivity index (χ1n) is 10.3. The molecule has 2 aromatic carbocycles. The molecule has 0 bridgehead atoms. The van der Waals surface area contributed by atoms with Crippen molar-refractivity contribution in [2.75, 3.05) is 19.0 Å². The number of nitrogens with one attached hydrogen (secondary N) is 1. The highest BCUT2D eigenvalue weighted by Crippen LogP contribution is 2.39. The van der Waals surface area contributed by atoms with Crippen molar-refractivity contribution in [3.8, 4) is 28.5 Å². The van der Waals surface area contributed by atoms with Crippen molar-refractivity contribution in [3.05, 3.63) is 71.9 Å². The van der Waals surface area contributed by atoms with Crippen LogP contribution >= 0.6 is 0 Å². The Morgan fingerprint density at radius 1 is 1.06 bits per heavy atom. The van der Waals surface area contributed by atoms with Gasteiger partial charge in [0.1, 0.15) is 28.6 Å². The van der Waals surface area contributed by atoms with E-state index in [0.29, 0.717) is 22.4 Å². The molecule has 0 amide bonds. The number of aryl methyl sites for hydroxylation is 1. The van der Waals surface area contributed by atoms with Gasteiger partial charge in [0.25, 0.3) is 0 Å². The second kappa shape index (κ2) is 8.19. The Hall–Kier alpha value is -4.13. The summed E-state index contributed by atoms with van der Waals surface area (Å²) in [5.74, 6) is 1.16. The van der Waals surface area contributed by atoms with Gasteiger partial charge in [-0.1, -0.05) is 30.3 Å². The zero-order valence-electron chi connectivity index (χ0n) is 17.5. The monoisotopic (exact) mass is 427 g/mol. The van der Waals surface area contributed by atoms with Gasteiger partial charge in [0.05, 0.1) is 12.6 Å². The van der Waals surface area contributed by atoms with Gasteiger partial charge in [0, 0.05) is 29.8 Å². The van der Waals surface area contributed by atoms with E-state index in [2.05, 4.69) is 10.3 Å². The molecule has 0 spiro atoms. The topological polar surface area (TPSA) is 93.6 Å². The number of carbonyl (C=O) groups is 1. The number of hydrogen-bond acceptors (Lipinski definition) is 6. The third kappa shape index (κ3) is 3.58. The van der Waals surface area contributed by atoms with E-state index in [9.17, 15) is 9.90 Å². The van der Waals surface area contributed by atoms with Gasteiger partial charge in [-0.2, -0.15) is 0 Å². The van der Waals surface area contributed by atoms with E-state index in [0.717, 1.165) is 42.0 Å². The van der Waals surface area contributed by atoms with Gasteiger partial charge in [-0.25, -0.2) is 9.78 Å². The summed E-state index contributed by atoms with van der Waals surface area (Å²) in [6.07, 6.45) is 3.57. The predicted molar refractivity (Wildman–Crippen MR) is 122 cm³/mol. The van der Waals surface area contributed by atoms with Crippen LogP contribution < -0.4 is 14.8 Å². The SMILES string of the molecule is COc1cc2nccc(Oc3cc4c(nc3-c3ccccc3)NCCC4)c2cc1C(=O)O. The standard InChI is InChI=1S/C25H21N3O4/c1-31-21-14-19-17(13-18(21)25(29)30)20(9-11-26-19)32-22-12-16-8-5-10-27-24(16)28-23(22)15-6-3-2-4-7-15/h2-4,6-7,9,11-14H,5,8,10H2,1H3,(H,27,28)(H,29,30). The van der Waals surface area contributed by atoms with Gasteiger partial charge in [0.15, 0.2) is 5.75 Å². The summed E-state index contributed by atoms with van der Waals surface area (Å²) >= 11 is 0. The molecule has 5 rings (SSSR count). The Balaban J connectivity index is 1.67. The Morgan fingerprint density at radius 3 is 2.69 bits per heavy atom. The molecule has 0 saturated heterocycles. The Labute approximate surface area is 184 Å². The number of carboxylic acid groups (broad SMARTS) is 1. The molecular formula is C25H21N3O4. The van der Waals surface area contributed by atoms with Crippen LogP contribution in [-0.4, -0.2) is 34.7 Å². The smallest absolute Gasteiger partial charge is 0.339 e. The number of methoxy groups -OCH3 is 1. The fourth-order valence-corrected chi connectivity index (χ4v) is 3.94. The van der Waals surface area contributed by atoms with Gasteiger partial charge >= 0.3 is 5.97 Å². The molecule has 0 atom stereocenters.